The van der Waals surface area contributed by atoms with E-state index < -0.39 is 11.9 Å². The van der Waals surface area contributed by atoms with Crippen molar-refractivity contribution in [2.45, 2.75) is 6.92 Å². The van der Waals surface area contributed by atoms with Crippen molar-refractivity contribution in [3.05, 3.63) is 29.8 Å². The van der Waals surface area contributed by atoms with Crippen LogP contribution < -0.4 is 4.74 Å². The SMILES string of the molecule is CC(=O)Oc1ccccc1C(=O)O.[LiH]. The van der Waals surface area contributed by atoms with E-state index in [4.69, 9.17) is 5.11 Å². The summed E-state index contributed by atoms with van der Waals surface area (Å²) in [5.74, 6) is -1.58. The first-order valence-electron chi connectivity index (χ1n) is 3.62. The minimum absolute atomic E-state index is 0. The Kier molecular flexibility index (Phi) is 4.99. The van der Waals surface area contributed by atoms with E-state index in [1.165, 1.54) is 19.1 Å². The van der Waals surface area contributed by atoms with Crippen LogP contribution in [0.4, 0.5) is 0 Å². The molecule has 0 spiro atoms. The van der Waals surface area contributed by atoms with Gasteiger partial charge >= 0.3 is 30.8 Å². The van der Waals surface area contributed by atoms with Crippen molar-refractivity contribution in [1.29, 1.82) is 0 Å². The molecule has 0 aliphatic heterocycles. The average Bonchev–Trinajstić information content (AvgIpc) is 2.03. The van der Waals surface area contributed by atoms with Crippen LogP contribution in [0.5, 0.6) is 5.75 Å². The van der Waals surface area contributed by atoms with Gasteiger partial charge in [0.05, 0.1) is 0 Å². The number of carbonyl (C=O) groups is 2. The number of carbonyl (C=O) groups excluding carboxylic acids is 1. The summed E-state index contributed by atoms with van der Waals surface area (Å²) in [6, 6.07) is 5.98. The predicted octanol–water partition coefficient (Wildman–Crippen LogP) is 0.662. The molecule has 0 heterocycles. The fourth-order valence-corrected chi connectivity index (χ4v) is 0.887. The number of para-hydroxylation sites is 1. The standard InChI is InChI=1S/C9H8O4.Li.H/c1-6(10)13-8-5-3-2-4-7(8)9(11)12;;/h2-5H,1H3,(H,11,12);;. The molecular weight excluding hydrogens is 179 g/mol. The quantitative estimate of drug-likeness (QED) is 0.420. The summed E-state index contributed by atoms with van der Waals surface area (Å²) in [6.45, 7) is 1.22. The molecule has 0 aliphatic carbocycles. The van der Waals surface area contributed by atoms with Crippen molar-refractivity contribution in [3.63, 3.8) is 0 Å². The molecule has 0 radical (unpaired) electrons. The summed E-state index contributed by atoms with van der Waals surface area (Å²) in [4.78, 5) is 21.2. The third kappa shape index (κ3) is 3.25. The van der Waals surface area contributed by atoms with Crippen molar-refractivity contribution in [1.82, 2.24) is 0 Å². The molecule has 0 amide bonds. The molecule has 0 bridgehead atoms. The molecule has 0 fully saturated rings. The van der Waals surface area contributed by atoms with E-state index in [-0.39, 0.29) is 30.2 Å². The monoisotopic (exact) mass is 188 g/mol. The molecule has 14 heavy (non-hydrogen) atoms. The normalized spacial score (nSPS) is 8.64. The topological polar surface area (TPSA) is 63.6 Å². The van der Waals surface area contributed by atoms with Crippen LogP contribution >= 0.6 is 0 Å². The van der Waals surface area contributed by atoms with E-state index in [2.05, 4.69) is 4.74 Å². The Morgan fingerprint density at radius 1 is 1.29 bits per heavy atom. The molecule has 1 rings (SSSR count). The Hall–Kier alpha value is -1.24. The average molecular weight is 188 g/mol. The molecular formula is C9H9LiO4. The number of ether oxygens (including phenoxy) is 1. The van der Waals surface area contributed by atoms with Gasteiger partial charge in [0.2, 0.25) is 0 Å². The molecule has 0 aliphatic rings. The van der Waals surface area contributed by atoms with Gasteiger partial charge in [0.25, 0.3) is 0 Å². The molecule has 0 saturated carbocycles. The molecule has 1 aromatic rings. The third-order valence-corrected chi connectivity index (χ3v) is 1.37. The predicted molar refractivity (Wildman–Crippen MR) is 51.9 cm³/mol. The molecule has 0 unspecified atom stereocenters. The van der Waals surface area contributed by atoms with Gasteiger partial charge in [-0.15, -0.1) is 0 Å². The van der Waals surface area contributed by atoms with Gasteiger partial charge in [-0.05, 0) is 12.1 Å². The molecule has 4 nitrogen and oxygen atoms in total. The number of hydrogen-bond donors (Lipinski definition) is 1. The van der Waals surface area contributed by atoms with Gasteiger partial charge in [0.15, 0.2) is 0 Å². The minimum atomic E-state index is -1.11. The second-order valence-corrected chi connectivity index (χ2v) is 2.39. The zero-order valence-electron chi connectivity index (χ0n) is 6.98. The molecule has 1 N–H and O–H groups in total. The Bertz CT molecular complexity index is 348. The zero-order valence-corrected chi connectivity index (χ0v) is 6.98. The fraction of sp³-hybridized carbons (Fsp3) is 0.111. The summed E-state index contributed by atoms with van der Waals surface area (Å²) in [5, 5.41) is 8.69. The van der Waals surface area contributed by atoms with Gasteiger partial charge in [-0.3, -0.25) is 4.79 Å². The van der Waals surface area contributed by atoms with E-state index in [9.17, 15) is 9.59 Å². The van der Waals surface area contributed by atoms with Crippen molar-refractivity contribution in [2.24, 2.45) is 0 Å². The molecule has 5 heteroatoms. The van der Waals surface area contributed by atoms with Crippen LogP contribution in [0.25, 0.3) is 0 Å². The van der Waals surface area contributed by atoms with Gasteiger partial charge in [-0.2, -0.15) is 0 Å². The molecule has 0 atom stereocenters. The summed E-state index contributed by atoms with van der Waals surface area (Å²) in [6.07, 6.45) is 0. The van der Waals surface area contributed by atoms with E-state index in [0.29, 0.717) is 0 Å². The van der Waals surface area contributed by atoms with Crippen LogP contribution in [0.2, 0.25) is 0 Å². The van der Waals surface area contributed by atoms with E-state index in [1.807, 2.05) is 0 Å². The van der Waals surface area contributed by atoms with E-state index in [0.717, 1.165) is 0 Å². The first kappa shape index (κ1) is 12.8. The molecule has 1 aromatic carbocycles. The van der Waals surface area contributed by atoms with Crippen molar-refractivity contribution < 1.29 is 19.4 Å². The first-order chi connectivity index (χ1) is 6.11. The molecule has 0 saturated heterocycles. The number of aromatic carboxylic acids is 1. The van der Waals surface area contributed by atoms with Crippen molar-refractivity contribution in [3.8, 4) is 5.75 Å². The van der Waals surface area contributed by atoms with Crippen LogP contribution in [-0.4, -0.2) is 35.9 Å². The van der Waals surface area contributed by atoms with Crippen LogP contribution in [-0.2, 0) is 4.79 Å². The van der Waals surface area contributed by atoms with Crippen LogP contribution in [0.3, 0.4) is 0 Å². The Labute approximate surface area is 93.1 Å². The maximum atomic E-state index is 10.6. The van der Waals surface area contributed by atoms with Gasteiger partial charge in [0.1, 0.15) is 11.3 Å². The number of esters is 1. The van der Waals surface area contributed by atoms with E-state index in [1.54, 1.807) is 12.1 Å². The molecule has 70 valence electrons. The Balaban J connectivity index is 0.00000169. The summed E-state index contributed by atoms with van der Waals surface area (Å²) >= 11 is 0. The second kappa shape index (κ2) is 5.48. The Morgan fingerprint density at radius 2 is 1.86 bits per heavy atom. The first-order valence-corrected chi connectivity index (χ1v) is 3.62. The zero-order chi connectivity index (χ0) is 9.84. The van der Waals surface area contributed by atoms with Crippen LogP contribution in [0, 0.1) is 0 Å². The number of rotatable bonds is 2. The van der Waals surface area contributed by atoms with E-state index >= 15 is 0 Å². The summed E-state index contributed by atoms with van der Waals surface area (Å²) in [5.41, 5.74) is -0.0160. The van der Waals surface area contributed by atoms with Gasteiger partial charge in [-0.25, -0.2) is 4.79 Å². The summed E-state index contributed by atoms with van der Waals surface area (Å²) < 4.78 is 4.69. The van der Waals surface area contributed by atoms with Crippen molar-refractivity contribution >= 4 is 30.8 Å². The number of carboxylic acids is 1. The maximum absolute atomic E-state index is 10.6. The molecule has 0 aromatic heterocycles. The van der Waals surface area contributed by atoms with Crippen LogP contribution in [0.1, 0.15) is 17.3 Å². The van der Waals surface area contributed by atoms with Gasteiger partial charge < -0.3 is 9.84 Å². The van der Waals surface area contributed by atoms with Gasteiger partial charge in [0, 0.05) is 6.92 Å². The third-order valence-electron chi connectivity index (χ3n) is 1.37. The second-order valence-electron chi connectivity index (χ2n) is 2.39. The Morgan fingerprint density at radius 3 is 2.36 bits per heavy atom. The summed E-state index contributed by atoms with van der Waals surface area (Å²) in [7, 11) is 0. The number of benzene rings is 1. The fourth-order valence-electron chi connectivity index (χ4n) is 0.887. The van der Waals surface area contributed by atoms with Gasteiger partial charge in [-0.1, -0.05) is 12.1 Å². The van der Waals surface area contributed by atoms with Crippen LogP contribution in [0.15, 0.2) is 24.3 Å². The number of carboxylic acid groups (broad SMARTS) is 1. The van der Waals surface area contributed by atoms with Crippen molar-refractivity contribution in [2.75, 3.05) is 0 Å². The number of hydrogen-bond acceptors (Lipinski definition) is 3.